The van der Waals surface area contributed by atoms with Crippen LogP contribution in [-0.2, 0) is 23.6 Å². The molecule has 1 fully saturated rings. The predicted octanol–water partition coefficient (Wildman–Crippen LogP) is 0.458. The number of imidazole rings is 1. The van der Waals surface area contributed by atoms with Crippen LogP contribution in [0.15, 0.2) is 29.8 Å². The second-order valence-electron chi connectivity index (χ2n) is 6.60. The van der Waals surface area contributed by atoms with Crippen LogP contribution in [0.4, 0.5) is 0 Å². The third-order valence-electron chi connectivity index (χ3n) is 4.80. The quantitative estimate of drug-likeness (QED) is 0.801. The fourth-order valence-electron chi connectivity index (χ4n) is 3.59. The van der Waals surface area contributed by atoms with E-state index in [0.29, 0.717) is 13.1 Å². The minimum Gasteiger partial charge on any atom is -0.339 e. The summed E-state index contributed by atoms with van der Waals surface area (Å²) in [5.41, 5.74) is 0.935. The number of fused-ring (bicyclic) bond motifs is 1. The molecule has 9 heteroatoms. The average molecular weight is 350 g/mol. The number of nitrogens with zero attached hydrogens (tertiary/aromatic N) is 6. The van der Waals surface area contributed by atoms with Gasteiger partial charge in [0.1, 0.15) is 0 Å². The van der Waals surface area contributed by atoms with Crippen molar-refractivity contribution in [3.8, 4) is 0 Å². The van der Waals surface area contributed by atoms with E-state index in [0.717, 1.165) is 25.3 Å². The molecule has 0 bridgehead atoms. The van der Waals surface area contributed by atoms with Gasteiger partial charge < -0.3 is 9.47 Å². The highest BCUT2D eigenvalue weighted by atomic mass is 32.2. The van der Waals surface area contributed by atoms with Crippen molar-refractivity contribution in [2.75, 3.05) is 26.2 Å². The lowest BCUT2D eigenvalue weighted by atomic mass is 10.2. The molecule has 1 atom stereocenters. The summed E-state index contributed by atoms with van der Waals surface area (Å²) < 4.78 is 31.0. The largest absolute Gasteiger partial charge is 0.339 e. The number of hydrogen-bond acceptors (Lipinski definition) is 5. The molecule has 0 aromatic carbocycles. The van der Waals surface area contributed by atoms with Gasteiger partial charge in [-0.3, -0.25) is 4.68 Å². The van der Waals surface area contributed by atoms with Crippen LogP contribution in [0, 0.1) is 0 Å². The number of sulfonamides is 1. The van der Waals surface area contributed by atoms with Crippen molar-refractivity contribution in [1.82, 2.24) is 28.5 Å². The van der Waals surface area contributed by atoms with E-state index in [1.807, 2.05) is 10.7 Å². The molecule has 0 radical (unpaired) electrons. The van der Waals surface area contributed by atoms with Crippen LogP contribution in [0.3, 0.4) is 0 Å². The summed E-state index contributed by atoms with van der Waals surface area (Å²) in [6.45, 7) is 3.78. The first-order valence-corrected chi connectivity index (χ1v) is 9.71. The van der Waals surface area contributed by atoms with Gasteiger partial charge in [0, 0.05) is 32.5 Å². The van der Waals surface area contributed by atoms with Crippen LogP contribution in [-0.4, -0.2) is 63.1 Å². The van der Waals surface area contributed by atoms with Gasteiger partial charge in [-0.25, -0.2) is 13.4 Å². The second-order valence-corrected chi connectivity index (χ2v) is 8.49. The van der Waals surface area contributed by atoms with Crippen molar-refractivity contribution in [1.29, 1.82) is 0 Å². The fraction of sp³-hybridized carbons (Fsp3) is 0.600. The van der Waals surface area contributed by atoms with Crippen LogP contribution in [0.25, 0.3) is 0 Å². The maximum atomic E-state index is 12.9. The zero-order valence-corrected chi connectivity index (χ0v) is 14.6. The van der Waals surface area contributed by atoms with E-state index in [2.05, 4.69) is 15.0 Å². The van der Waals surface area contributed by atoms with Gasteiger partial charge in [-0.1, -0.05) is 0 Å². The molecule has 8 nitrogen and oxygen atoms in total. The van der Waals surface area contributed by atoms with Crippen LogP contribution in [0.2, 0.25) is 0 Å². The Morgan fingerprint density at radius 2 is 2.08 bits per heavy atom. The molecular formula is C15H22N6O2S. The zero-order valence-electron chi connectivity index (χ0n) is 13.7. The number of likely N-dealkylation sites (tertiary alicyclic amines) is 1. The molecule has 2 aliphatic heterocycles. The molecule has 2 aromatic rings. The van der Waals surface area contributed by atoms with Crippen molar-refractivity contribution in [2.45, 2.75) is 30.5 Å². The zero-order chi connectivity index (χ0) is 16.7. The topological polar surface area (TPSA) is 76.3 Å². The van der Waals surface area contributed by atoms with E-state index in [-0.39, 0.29) is 11.1 Å². The van der Waals surface area contributed by atoms with Crippen LogP contribution in [0.5, 0.6) is 0 Å². The summed E-state index contributed by atoms with van der Waals surface area (Å²) in [7, 11) is -1.82. The minimum atomic E-state index is -3.59. The molecule has 2 aliphatic rings. The standard InChI is InChI=1S/C15H22N6O2S/c1-18-11-15(16-12-18)24(22,23)20-9-13-4-5-17-21(13)14(10-20)8-19-6-2-3-7-19/h4-5,11-12,14H,2-3,6-10H2,1H3/t14-/m1/s1. The van der Waals surface area contributed by atoms with Crippen LogP contribution < -0.4 is 0 Å². The van der Waals surface area contributed by atoms with Crippen LogP contribution in [0.1, 0.15) is 24.6 Å². The van der Waals surface area contributed by atoms with Gasteiger partial charge in [-0.15, -0.1) is 0 Å². The molecule has 0 amide bonds. The van der Waals surface area contributed by atoms with Gasteiger partial charge in [0.2, 0.25) is 0 Å². The summed E-state index contributed by atoms with van der Waals surface area (Å²) in [5, 5.41) is 4.53. The van der Waals surface area contributed by atoms with Crippen molar-refractivity contribution >= 4 is 10.0 Å². The average Bonchev–Trinajstić information content (AvgIpc) is 3.27. The highest BCUT2D eigenvalue weighted by Gasteiger charge is 2.35. The molecule has 0 N–H and O–H groups in total. The lowest BCUT2D eigenvalue weighted by Crippen LogP contribution is -2.45. The van der Waals surface area contributed by atoms with Crippen molar-refractivity contribution in [3.63, 3.8) is 0 Å². The third-order valence-corrected chi connectivity index (χ3v) is 6.50. The Bertz CT molecular complexity index is 821. The first-order valence-electron chi connectivity index (χ1n) is 8.27. The first-order chi connectivity index (χ1) is 11.5. The van der Waals surface area contributed by atoms with Gasteiger partial charge in [-0.05, 0) is 32.0 Å². The number of aryl methyl sites for hydroxylation is 1. The Morgan fingerprint density at radius 3 is 2.79 bits per heavy atom. The summed E-state index contributed by atoms with van der Waals surface area (Å²) >= 11 is 0. The number of aromatic nitrogens is 4. The van der Waals surface area contributed by atoms with Gasteiger partial charge in [-0.2, -0.15) is 9.40 Å². The van der Waals surface area contributed by atoms with E-state index in [1.54, 1.807) is 24.0 Å². The monoisotopic (exact) mass is 350 g/mol. The fourth-order valence-corrected chi connectivity index (χ4v) is 5.00. The Labute approximate surface area is 141 Å². The highest BCUT2D eigenvalue weighted by Crippen LogP contribution is 2.27. The van der Waals surface area contributed by atoms with Gasteiger partial charge in [0.05, 0.1) is 24.6 Å². The van der Waals surface area contributed by atoms with Gasteiger partial charge in [0.25, 0.3) is 10.0 Å². The summed E-state index contributed by atoms with van der Waals surface area (Å²) in [6.07, 6.45) is 7.26. The van der Waals surface area contributed by atoms with E-state index in [4.69, 9.17) is 0 Å². The summed E-state index contributed by atoms with van der Waals surface area (Å²) in [5.74, 6) is 0. The van der Waals surface area contributed by atoms with Gasteiger partial charge >= 0.3 is 0 Å². The molecule has 2 aromatic heterocycles. The first kappa shape index (κ1) is 15.8. The molecule has 1 saturated heterocycles. The van der Waals surface area contributed by atoms with E-state index in [1.165, 1.54) is 23.5 Å². The second kappa shape index (κ2) is 5.98. The number of hydrogen-bond donors (Lipinski definition) is 0. The van der Waals surface area contributed by atoms with E-state index >= 15 is 0 Å². The van der Waals surface area contributed by atoms with Crippen molar-refractivity contribution < 1.29 is 8.42 Å². The maximum absolute atomic E-state index is 12.9. The Hall–Kier alpha value is -1.71. The predicted molar refractivity (Wildman–Crippen MR) is 87.7 cm³/mol. The van der Waals surface area contributed by atoms with Crippen molar-refractivity contribution in [3.05, 3.63) is 30.5 Å². The molecule has 4 rings (SSSR count). The molecule has 0 spiro atoms. The Morgan fingerprint density at radius 1 is 1.29 bits per heavy atom. The van der Waals surface area contributed by atoms with Crippen molar-refractivity contribution in [2.24, 2.45) is 7.05 Å². The smallest absolute Gasteiger partial charge is 0.262 e. The Kier molecular flexibility index (Phi) is 3.93. The van der Waals surface area contributed by atoms with E-state index < -0.39 is 10.0 Å². The third kappa shape index (κ3) is 2.76. The van der Waals surface area contributed by atoms with Crippen LogP contribution >= 0.6 is 0 Å². The lowest BCUT2D eigenvalue weighted by Gasteiger charge is -2.34. The molecule has 0 saturated carbocycles. The minimum absolute atomic E-state index is 0.0420. The normalized spacial score (nSPS) is 22.8. The molecule has 0 aliphatic carbocycles. The Balaban J connectivity index is 1.61. The highest BCUT2D eigenvalue weighted by molar-refractivity contribution is 7.89. The molecule has 24 heavy (non-hydrogen) atoms. The maximum Gasteiger partial charge on any atom is 0.262 e. The molecule has 0 unspecified atom stereocenters. The lowest BCUT2D eigenvalue weighted by molar-refractivity contribution is 0.201. The molecular weight excluding hydrogens is 328 g/mol. The molecule has 130 valence electrons. The summed E-state index contributed by atoms with van der Waals surface area (Å²) in [6, 6.07) is 1.94. The van der Waals surface area contributed by atoms with E-state index in [9.17, 15) is 8.42 Å². The summed E-state index contributed by atoms with van der Waals surface area (Å²) in [4.78, 5) is 6.43. The number of rotatable bonds is 4. The SMILES string of the molecule is Cn1cnc(S(=O)(=O)N2Cc3ccnn3[C@H](CN3CCCC3)C2)c1. The van der Waals surface area contributed by atoms with Gasteiger partial charge in [0.15, 0.2) is 5.03 Å². The molecule has 4 heterocycles.